The van der Waals surface area contributed by atoms with Gasteiger partial charge in [-0.1, -0.05) is 54.9 Å². The van der Waals surface area contributed by atoms with Crippen LogP contribution in [0.25, 0.3) is 0 Å². The Morgan fingerprint density at radius 1 is 1.21 bits per heavy atom. The summed E-state index contributed by atoms with van der Waals surface area (Å²) >= 11 is 5.97. The lowest BCUT2D eigenvalue weighted by Gasteiger charge is -2.32. The fraction of sp³-hybridized carbons (Fsp3) is 0.316. The summed E-state index contributed by atoms with van der Waals surface area (Å²) in [5.41, 5.74) is 0.575. The average molecular weight is 350 g/mol. The number of halogens is 2. The number of ether oxygens (including phenoxy) is 1. The molecule has 0 fully saturated rings. The molecule has 0 bridgehead atoms. The molecule has 0 heterocycles. The van der Waals surface area contributed by atoms with Crippen molar-refractivity contribution in [1.29, 1.82) is 0 Å². The van der Waals surface area contributed by atoms with E-state index in [0.717, 1.165) is 5.56 Å². The monoisotopic (exact) mass is 349 g/mol. The highest BCUT2D eigenvalue weighted by molar-refractivity contribution is 6.31. The molecule has 5 heteroatoms. The first-order valence-corrected chi connectivity index (χ1v) is 8.20. The van der Waals surface area contributed by atoms with E-state index < -0.39 is 11.4 Å². The first kappa shape index (κ1) is 18.4. The number of benzene rings is 2. The second kappa shape index (κ2) is 8.27. The molecular weight excluding hydrogens is 329 g/mol. The molecule has 2 rings (SSSR count). The fourth-order valence-electron chi connectivity index (χ4n) is 2.67. The third kappa shape index (κ3) is 4.13. The Morgan fingerprint density at radius 2 is 1.92 bits per heavy atom. The van der Waals surface area contributed by atoms with Crippen molar-refractivity contribution >= 4 is 17.5 Å². The Kier molecular flexibility index (Phi) is 6.35. The third-order valence-electron chi connectivity index (χ3n) is 4.23. The van der Waals surface area contributed by atoms with Gasteiger partial charge < -0.3 is 10.1 Å². The SMILES string of the molecule is CC[C@](CNC(=O)Cc1c(F)cccc1Cl)(OC)c1ccccc1. The maximum absolute atomic E-state index is 13.8. The van der Waals surface area contributed by atoms with Crippen LogP contribution in [0.15, 0.2) is 48.5 Å². The van der Waals surface area contributed by atoms with Gasteiger partial charge in [0, 0.05) is 17.7 Å². The Labute approximate surface area is 146 Å². The molecule has 0 radical (unpaired) electrons. The minimum absolute atomic E-state index is 0.107. The lowest BCUT2D eigenvalue weighted by Crippen LogP contribution is -2.42. The second-order valence-corrected chi connectivity index (χ2v) is 5.98. The Morgan fingerprint density at radius 3 is 2.50 bits per heavy atom. The highest BCUT2D eigenvalue weighted by atomic mass is 35.5. The van der Waals surface area contributed by atoms with E-state index in [1.165, 1.54) is 12.1 Å². The number of methoxy groups -OCH3 is 1. The molecule has 0 unspecified atom stereocenters. The van der Waals surface area contributed by atoms with Crippen LogP contribution >= 0.6 is 11.6 Å². The summed E-state index contributed by atoms with van der Waals surface area (Å²) in [7, 11) is 1.62. The molecule has 1 atom stereocenters. The number of amides is 1. The standard InChI is InChI=1S/C19H21ClFNO2/c1-3-19(24-2,14-8-5-4-6-9-14)13-22-18(23)12-15-16(20)10-7-11-17(15)21/h4-11H,3,12-13H2,1-2H3,(H,22,23)/t19-/m1/s1. The van der Waals surface area contributed by atoms with Crippen LogP contribution in [-0.2, 0) is 21.6 Å². The van der Waals surface area contributed by atoms with Crippen molar-refractivity contribution in [2.45, 2.75) is 25.4 Å². The van der Waals surface area contributed by atoms with Gasteiger partial charge in [-0.15, -0.1) is 0 Å². The Hall–Kier alpha value is -1.91. The minimum atomic E-state index is -0.615. The molecule has 2 aromatic rings. The van der Waals surface area contributed by atoms with Gasteiger partial charge in [0.15, 0.2) is 0 Å². The van der Waals surface area contributed by atoms with Gasteiger partial charge in [-0.3, -0.25) is 4.79 Å². The van der Waals surface area contributed by atoms with Crippen LogP contribution in [0, 0.1) is 5.82 Å². The average Bonchev–Trinajstić information content (AvgIpc) is 2.60. The van der Waals surface area contributed by atoms with Crippen molar-refractivity contribution in [2.75, 3.05) is 13.7 Å². The van der Waals surface area contributed by atoms with E-state index >= 15 is 0 Å². The number of rotatable bonds is 7. The summed E-state index contributed by atoms with van der Waals surface area (Å²) in [5, 5.41) is 3.09. The summed E-state index contributed by atoms with van der Waals surface area (Å²) in [6, 6.07) is 14.1. The first-order chi connectivity index (χ1) is 11.5. The zero-order valence-corrected chi connectivity index (χ0v) is 14.6. The smallest absolute Gasteiger partial charge is 0.224 e. The molecule has 0 saturated heterocycles. The van der Waals surface area contributed by atoms with Crippen LogP contribution in [0.2, 0.25) is 5.02 Å². The number of nitrogens with one attached hydrogen (secondary N) is 1. The predicted molar refractivity (Wildman–Crippen MR) is 93.5 cm³/mol. The molecule has 1 N–H and O–H groups in total. The van der Waals surface area contributed by atoms with E-state index in [0.29, 0.717) is 13.0 Å². The molecule has 24 heavy (non-hydrogen) atoms. The maximum atomic E-state index is 13.8. The predicted octanol–water partition coefficient (Wildman–Crippen LogP) is 4.09. The quantitative estimate of drug-likeness (QED) is 0.817. The lowest BCUT2D eigenvalue weighted by molar-refractivity contribution is -0.122. The largest absolute Gasteiger partial charge is 0.372 e. The van der Waals surface area contributed by atoms with Gasteiger partial charge in [-0.25, -0.2) is 4.39 Å². The fourth-order valence-corrected chi connectivity index (χ4v) is 2.90. The van der Waals surface area contributed by atoms with Crippen molar-refractivity contribution in [3.8, 4) is 0 Å². The maximum Gasteiger partial charge on any atom is 0.224 e. The summed E-state index contributed by atoms with van der Waals surface area (Å²) in [6.07, 6.45) is 0.581. The molecule has 2 aromatic carbocycles. The van der Waals surface area contributed by atoms with Gasteiger partial charge in [0.05, 0.1) is 13.0 Å². The van der Waals surface area contributed by atoms with Gasteiger partial charge in [-0.05, 0) is 24.1 Å². The molecule has 1 amide bonds. The van der Waals surface area contributed by atoms with Crippen molar-refractivity contribution in [3.05, 3.63) is 70.5 Å². The van der Waals surface area contributed by atoms with Crippen LogP contribution in [0.3, 0.4) is 0 Å². The van der Waals surface area contributed by atoms with Crippen molar-refractivity contribution in [3.63, 3.8) is 0 Å². The van der Waals surface area contributed by atoms with E-state index in [4.69, 9.17) is 16.3 Å². The van der Waals surface area contributed by atoms with E-state index in [1.807, 2.05) is 37.3 Å². The molecule has 0 aliphatic carbocycles. The van der Waals surface area contributed by atoms with Crippen LogP contribution in [0.4, 0.5) is 4.39 Å². The molecule has 0 spiro atoms. The second-order valence-electron chi connectivity index (χ2n) is 5.57. The van der Waals surface area contributed by atoms with E-state index in [-0.39, 0.29) is 22.9 Å². The lowest BCUT2D eigenvalue weighted by atomic mass is 9.90. The molecule has 0 aliphatic heterocycles. The zero-order chi connectivity index (χ0) is 17.6. The molecule has 3 nitrogen and oxygen atoms in total. The molecule has 0 saturated carbocycles. The van der Waals surface area contributed by atoms with Crippen LogP contribution < -0.4 is 5.32 Å². The summed E-state index contributed by atoms with van der Waals surface area (Å²) in [4.78, 5) is 12.2. The molecule has 0 aliphatic rings. The first-order valence-electron chi connectivity index (χ1n) is 7.82. The van der Waals surface area contributed by atoms with Gasteiger partial charge >= 0.3 is 0 Å². The van der Waals surface area contributed by atoms with E-state index in [9.17, 15) is 9.18 Å². The van der Waals surface area contributed by atoms with Gasteiger partial charge in [0.25, 0.3) is 0 Å². The van der Waals surface area contributed by atoms with Crippen LogP contribution in [0.1, 0.15) is 24.5 Å². The minimum Gasteiger partial charge on any atom is -0.372 e. The number of hydrogen-bond acceptors (Lipinski definition) is 2. The third-order valence-corrected chi connectivity index (χ3v) is 4.59. The van der Waals surface area contributed by atoms with Gasteiger partial charge in [0.2, 0.25) is 5.91 Å². The topological polar surface area (TPSA) is 38.3 Å². The molecular formula is C19H21ClFNO2. The van der Waals surface area contributed by atoms with Crippen molar-refractivity contribution in [1.82, 2.24) is 5.32 Å². The summed E-state index contributed by atoms with van der Waals surface area (Å²) < 4.78 is 19.5. The van der Waals surface area contributed by atoms with Crippen molar-refractivity contribution < 1.29 is 13.9 Å². The highest BCUT2D eigenvalue weighted by Gasteiger charge is 2.30. The Balaban J connectivity index is 2.08. The summed E-state index contributed by atoms with van der Waals surface area (Å²) in [5.74, 6) is -0.776. The van der Waals surface area contributed by atoms with Gasteiger partial charge in [-0.2, -0.15) is 0 Å². The number of carbonyl (C=O) groups excluding carboxylic acids is 1. The molecule has 0 aromatic heterocycles. The number of carbonyl (C=O) groups is 1. The van der Waals surface area contributed by atoms with Crippen LogP contribution in [-0.4, -0.2) is 19.6 Å². The normalized spacial score (nSPS) is 13.3. The molecule has 128 valence electrons. The highest BCUT2D eigenvalue weighted by Crippen LogP contribution is 2.28. The zero-order valence-electron chi connectivity index (χ0n) is 13.8. The Bertz CT molecular complexity index is 667. The summed E-state index contributed by atoms with van der Waals surface area (Å²) in [6.45, 7) is 2.30. The van der Waals surface area contributed by atoms with E-state index in [2.05, 4.69) is 5.32 Å². The van der Waals surface area contributed by atoms with Crippen LogP contribution in [0.5, 0.6) is 0 Å². The van der Waals surface area contributed by atoms with Gasteiger partial charge in [0.1, 0.15) is 11.4 Å². The number of hydrogen-bond donors (Lipinski definition) is 1. The van der Waals surface area contributed by atoms with E-state index in [1.54, 1.807) is 13.2 Å². The van der Waals surface area contributed by atoms with Crippen molar-refractivity contribution in [2.24, 2.45) is 0 Å².